The molecule has 0 aliphatic rings. The summed E-state index contributed by atoms with van der Waals surface area (Å²) >= 11 is 6.87. The van der Waals surface area contributed by atoms with Crippen molar-refractivity contribution < 1.29 is 9.47 Å². The second-order valence-electron chi connectivity index (χ2n) is 3.63. The molecular weight excluding hydrogens is 376 g/mol. The van der Waals surface area contributed by atoms with Gasteiger partial charge in [-0.25, -0.2) is 0 Å². The van der Waals surface area contributed by atoms with Crippen molar-refractivity contribution in [3.63, 3.8) is 0 Å². The molecular formula is C13H12Br2N2O2. The van der Waals surface area contributed by atoms with Crippen LogP contribution in [0.15, 0.2) is 39.3 Å². The molecule has 0 amide bonds. The number of halogens is 2. The number of aromatic nitrogens is 1. The van der Waals surface area contributed by atoms with Gasteiger partial charge in [-0.2, -0.15) is 4.98 Å². The quantitative estimate of drug-likeness (QED) is 0.841. The van der Waals surface area contributed by atoms with E-state index in [1.807, 2.05) is 31.3 Å². The Hall–Kier alpha value is -1.27. The number of pyridine rings is 1. The SMILES string of the molecule is CNc1cccc(Oc2cc(Br)c(OC)cc2Br)n1. The fourth-order valence-electron chi connectivity index (χ4n) is 1.47. The zero-order chi connectivity index (χ0) is 13.8. The van der Waals surface area contributed by atoms with E-state index in [1.54, 1.807) is 13.2 Å². The Morgan fingerprint density at radius 1 is 1.11 bits per heavy atom. The van der Waals surface area contributed by atoms with Gasteiger partial charge in [-0.3, -0.25) is 0 Å². The molecule has 0 aliphatic heterocycles. The predicted molar refractivity (Wildman–Crippen MR) is 82.3 cm³/mol. The lowest BCUT2D eigenvalue weighted by Crippen LogP contribution is -1.95. The molecule has 1 aromatic carbocycles. The van der Waals surface area contributed by atoms with Gasteiger partial charge in [0.2, 0.25) is 5.88 Å². The minimum atomic E-state index is 0.518. The molecule has 0 saturated carbocycles. The van der Waals surface area contributed by atoms with Crippen molar-refractivity contribution in [2.24, 2.45) is 0 Å². The van der Waals surface area contributed by atoms with Gasteiger partial charge in [0.1, 0.15) is 17.3 Å². The molecule has 0 saturated heterocycles. The molecule has 1 aromatic heterocycles. The zero-order valence-electron chi connectivity index (χ0n) is 10.4. The van der Waals surface area contributed by atoms with Crippen LogP contribution in [0.2, 0.25) is 0 Å². The summed E-state index contributed by atoms with van der Waals surface area (Å²) in [7, 11) is 3.43. The van der Waals surface area contributed by atoms with E-state index in [0.717, 1.165) is 20.5 Å². The second-order valence-corrected chi connectivity index (χ2v) is 5.34. The van der Waals surface area contributed by atoms with Gasteiger partial charge in [0, 0.05) is 13.1 Å². The Kier molecular flexibility index (Phi) is 4.66. The van der Waals surface area contributed by atoms with Crippen LogP contribution in [0, 0.1) is 0 Å². The third kappa shape index (κ3) is 3.39. The maximum Gasteiger partial charge on any atom is 0.221 e. The number of ether oxygens (including phenoxy) is 2. The highest BCUT2D eigenvalue weighted by Gasteiger charge is 2.09. The summed E-state index contributed by atoms with van der Waals surface area (Å²) in [5.74, 6) is 2.66. The number of anilines is 1. The van der Waals surface area contributed by atoms with E-state index in [9.17, 15) is 0 Å². The van der Waals surface area contributed by atoms with E-state index in [1.165, 1.54) is 0 Å². The maximum atomic E-state index is 5.75. The summed E-state index contributed by atoms with van der Waals surface area (Å²) in [6.45, 7) is 0. The number of hydrogen-bond donors (Lipinski definition) is 1. The fourth-order valence-corrected chi connectivity index (χ4v) is 2.36. The summed E-state index contributed by atoms with van der Waals surface area (Å²) in [5, 5.41) is 2.97. The number of nitrogens with one attached hydrogen (secondary N) is 1. The van der Waals surface area contributed by atoms with Gasteiger partial charge >= 0.3 is 0 Å². The smallest absolute Gasteiger partial charge is 0.221 e. The molecule has 0 unspecified atom stereocenters. The van der Waals surface area contributed by atoms with E-state index in [2.05, 4.69) is 42.2 Å². The molecule has 0 bridgehead atoms. The Balaban J connectivity index is 2.30. The first-order valence-corrected chi connectivity index (χ1v) is 7.08. The standard InChI is InChI=1S/C13H12Br2N2O2/c1-16-12-4-3-5-13(17-12)19-11-7-8(14)10(18-2)6-9(11)15/h3-7H,1-2H3,(H,16,17). The highest BCUT2D eigenvalue weighted by Crippen LogP contribution is 2.37. The number of benzene rings is 1. The number of rotatable bonds is 4. The van der Waals surface area contributed by atoms with Crippen LogP contribution < -0.4 is 14.8 Å². The van der Waals surface area contributed by atoms with Crippen LogP contribution in [-0.2, 0) is 0 Å². The molecule has 0 aliphatic carbocycles. The van der Waals surface area contributed by atoms with Crippen LogP contribution in [0.5, 0.6) is 17.4 Å². The van der Waals surface area contributed by atoms with E-state index in [0.29, 0.717) is 11.6 Å². The monoisotopic (exact) mass is 386 g/mol. The average Bonchev–Trinajstić information content (AvgIpc) is 2.42. The molecule has 1 heterocycles. The molecule has 0 fully saturated rings. The van der Waals surface area contributed by atoms with Gasteiger partial charge in [0.15, 0.2) is 0 Å². The average molecular weight is 388 g/mol. The van der Waals surface area contributed by atoms with Gasteiger partial charge in [-0.1, -0.05) is 6.07 Å². The number of nitrogens with zero attached hydrogens (tertiary/aromatic N) is 1. The largest absolute Gasteiger partial charge is 0.496 e. The van der Waals surface area contributed by atoms with E-state index in [4.69, 9.17) is 9.47 Å². The third-order valence-electron chi connectivity index (χ3n) is 2.40. The normalized spacial score (nSPS) is 10.1. The van der Waals surface area contributed by atoms with Crippen molar-refractivity contribution in [2.75, 3.05) is 19.5 Å². The Morgan fingerprint density at radius 3 is 2.47 bits per heavy atom. The molecule has 19 heavy (non-hydrogen) atoms. The molecule has 4 nitrogen and oxygen atoms in total. The zero-order valence-corrected chi connectivity index (χ0v) is 13.6. The molecule has 0 radical (unpaired) electrons. The van der Waals surface area contributed by atoms with Crippen molar-refractivity contribution in [2.45, 2.75) is 0 Å². The van der Waals surface area contributed by atoms with Gasteiger partial charge in [0.05, 0.1) is 16.1 Å². The van der Waals surface area contributed by atoms with Crippen LogP contribution in [0.4, 0.5) is 5.82 Å². The summed E-state index contributed by atoms with van der Waals surface area (Å²) < 4.78 is 12.6. The van der Waals surface area contributed by atoms with Crippen molar-refractivity contribution in [1.29, 1.82) is 0 Å². The maximum absolute atomic E-state index is 5.75. The van der Waals surface area contributed by atoms with Crippen LogP contribution >= 0.6 is 31.9 Å². The summed E-state index contributed by atoms with van der Waals surface area (Å²) in [4.78, 5) is 4.30. The van der Waals surface area contributed by atoms with E-state index >= 15 is 0 Å². The van der Waals surface area contributed by atoms with Gasteiger partial charge in [-0.05, 0) is 50.1 Å². The van der Waals surface area contributed by atoms with Gasteiger partial charge in [-0.15, -0.1) is 0 Å². The van der Waals surface area contributed by atoms with Crippen LogP contribution in [0.3, 0.4) is 0 Å². The molecule has 0 atom stereocenters. The molecule has 2 rings (SSSR count). The lowest BCUT2D eigenvalue weighted by molar-refractivity contribution is 0.408. The van der Waals surface area contributed by atoms with Gasteiger partial charge < -0.3 is 14.8 Å². The van der Waals surface area contributed by atoms with Gasteiger partial charge in [0.25, 0.3) is 0 Å². The molecule has 1 N–H and O–H groups in total. The molecule has 6 heteroatoms. The fraction of sp³-hybridized carbons (Fsp3) is 0.154. The topological polar surface area (TPSA) is 43.4 Å². The second kappa shape index (κ2) is 6.25. The van der Waals surface area contributed by atoms with Crippen molar-refractivity contribution >= 4 is 37.7 Å². The minimum Gasteiger partial charge on any atom is -0.496 e. The van der Waals surface area contributed by atoms with Crippen molar-refractivity contribution in [3.05, 3.63) is 39.3 Å². The lowest BCUT2D eigenvalue weighted by Gasteiger charge is -2.10. The Bertz CT molecular complexity index is 591. The van der Waals surface area contributed by atoms with Crippen LogP contribution in [0.1, 0.15) is 0 Å². The molecule has 100 valence electrons. The Morgan fingerprint density at radius 2 is 1.79 bits per heavy atom. The van der Waals surface area contributed by atoms with Crippen LogP contribution in [-0.4, -0.2) is 19.1 Å². The van der Waals surface area contributed by atoms with Crippen molar-refractivity contribution in [1.82, 2.24) is 4.98 Å². The first kappa shape index (κ1) is 14.1. The summed E-state index contributed by atoms with van der Waals surface area (Å²) in [5.41, 5.74) is 0. The summed E-state index contributed by atoms with van der Waals surface area (Å²) in [6, 6.07) is 9.20. The van der Waals surface area contributed by atoms with E-state index < -0.39 is 0 Å². The molecule has 0 spiro atoms. The summed E-state index contributed by atoms with van der Waals surface area (Å²) in [6.07, 6.45) is 0. The number of hydrogen-bond acceptors (Lipinski definition) is 4. The first-order valence-electron chi connectivity index (χ1n) is 5.49. The highest BCUT2D eigenvalue weighted by atomic mass is 79.9. The predicted octanol–water partition coefficient (Wildman–Crippen LogP) is 4.45. The third-order valence-corrected chi connectivity index (χ3v) is 3.64. The van der Waals surface area contributed by atoms with Crippen molar-refractivity contribution in [3.8, 4) is 17.4 Å². The Labute approximate surface area is 128 Å². The van der Waals surface area contributed by atoms with Crippen LogP contribution in [0.25, 0.3) is 0 Å². The van der Waals surface area contributed by atoms with E-state index in [-0.39, 0.29) is 0 Å². The highest BCUT2D eigenvalue weighted by molar-refractivity contribution is 9.11. The first-order chi connectivity index (χ1) is 9.13. The minimum absolute atomic E-state index is 0.518. The number of methoxy groups -OCH3 is 1. The lowest BCUT2D eigenvalue weighted by atomic mass is 10.3. The molecule has 2 aromatic rings.